The molecule has 0 aliphatic carbocycles. The van der Waals surface area contributed by atoms with Crippen LogP contribution in [0.1, 0.15) is 49.8 Å². The van der Waals surface area contributed by atoms with E-state index in [1.807, 2.05) is 25.1 Å². The van der Waals surface area contributed by atoms with E-state index < -0.39 is 12.5 Å². The number of halogens is 2. The molecule has 0 spiro atoms. The van der Waals surface area contributed by atoms with Crippen LogP contribution < -0.4 is 5.32 Å². The Bertz CT molecular complexity index is 653. The Morgan fingerprint density at radius 3 is 2.48 bits per heavy atom. The number of hydrogen-bond acceptors (Lipinski definition) is 2. The maximum absolute atomic E-state index is 12.5. The number of carbonyl (C=O) groups is 1. The third-order valence-corrected chi connectivity index (χ3v) is 3.79. The van der Waals surface area contributed by atoms with Crippen molar-refractivity contribution in [2.24, 2.45) is 0 Å². The van der Waals surface area contributed by atoms with Gasteiger partial charge in [-0.2, -0.15) is 13.9 Å². The summed E-state index contributed by atoms with van der Waals surface area (Å²) >= 11 is 0. The number of carbonyl (C=O) groups excluding carboxylic acids is 1. The maximum Gasteiger partial charge on any atom is 0.333 e. The van der Waals surface area contributed by atoms with Gasteiger partial charge in [-0.15, -0.1) is 0 Å². The predicted molar refractivity (Wildman–Crippen MR) is 84.5 cm³/mol. The van der Waals surface area contributed by atoms with Crippen molar-refractivity contribution < 1.29 is 13.6 Å². The highest BCUT2D eigenvalue weighted by Crippen LogP contribution is 2.28. The Hall–Kier alpha value is -2.24. The van der Waals surface area contributed by atoms with E-state index in [0.717, 1.165) is 12.6 Å². The fourth-order valence-electron chi connectivity index (χ4n) is 2.69. The highest BCUT2D eigenvalue weighted by Gasteiger charge is 2.24. The van der Waals surface area contributed by atoms with E-state index >= 15 is 0 Å². The lowest BCUT2D eigenvalue weighted by atomic mass is 9.79. The van der Waals surface area contributed by atoms with Gasteiger partial charge in [0.25, 0.3) is 5.91 Å². The second kappa shape index (κ2) is 6.89. The van der Waals surface area contributed by atoms with Crippen LogP contribution in [0, 0.1) is 0 Å². The molecule has 1 aromatic heterocycles. The summed E-state index contributed by atoms with van der Waals surface area (Å²) in [4.78, 5) is 12.1. The van der Waals surface area contributed by atoms with Gasteiger partial charge in [-0.05, 0) is 30.4 Å². The molecule has 1 atom stereocenters. The molecule has 0 saturated carbocycles. The number of aromatic nitrogens is 2. The van der Waals surface area contributed by atoms with Crippen molar-refractivity contribution in [1.82, 2.24) is 15.1 Å². The Labute approximate surface area is 134 Å². The van der Waals surface area contributed by atoms with Crippen molar-refractivity contribution in [1.29, 1.82) is 0 Å². The molecule has 1 aromatic carbocycles. The SMILES string of the molecule is C[C@H](CC(C)(C)c1ccccc1)NC(=O)c1ccn(C(F)F)n1. The minimum absolute atomic E-state index is 0.00494. The molecule has 6 heteroatoms. The maximum atomic E-state index is 12.5. The van der Waals surface area contributed by atoms with E-state index in [4.69, 9.17) is 0 Å². The third kappa shape index (κ3) is 4.37. The fourth-order valence-corrected chi connectivity index (χ4v) is 2.69. The van der Waals surface area contributed by atoms with E-state index in [2.05, 4.69) is 36.4 Å². The number of rotatable bonds is 6. The average Bonchev–Trinajstić information content (AvgIpc) is 2.97. The Balaban J connectivity index is 1.98. The van der Waals surface area contributed by atoms with Crippen LogP contribution in [0.25, 0.3) is 0 Å². The number of benzene rings is 1. The molecule has 0 radical (unpaired) electrons. The molecule has 0 fully saturated rings. The molecular formula is C17H21F2N3O. The zero-order chi connectivity index (χ0) is 17.0. The zero-order valence-corrected chi connectivity index (χ0v) is 13.5. The molecule has 2 rings (SSSR count). The van der Waals surface area contributed by atoms with Gasteiger partial charge in [0.05, 0.1) is 0 Å². The highest BCUT2D eigenvalue weighted by molar-refractivity contribution is 5.92. The summed E-state index contributed by atoms with van der Waals surface area (Å²) in [6.45, 7) is 3.37. The lowest BCUT2D eigenvalue weighted by molar-refractivity contribution is 0.0559. The molecule has 0 aliphatic rings. The van der Waals surface area contributed by atoms with E-state index in [9.17, 15) is 13.6 Å². The molecule has 2 aromatic rings. The second-order valence-corrected chi connectivity index (χ2v) is 6.29. The highest BCUT2D eigenvalue weighted by atomic mass is 19.3. The van der Waals surface area contributed by atoms with Crippen LogP contribution in [-0.4, -0.2) is 21.7 Å². The van der Waals surface area contributed by atoms with Crippen LogP contribution in [0.15, 0.2) is 42.6 Å². The summed E-state index contributed by atoms with van der Waals surface area (Å²) in [6, 6.07) is 11.2. The first-order chi connectivity index (χ1) is 10.8. The van der Waals surface area contributed by atoms with E-state index in [0.29, 0.717) is 4.68 Å². The van der Waals surface area contributed by atoms with Crippen LogP contribution in [-0.2, 0) is 5.41 Å². The molecule has 0 saturated heterocycles. The standard InChI is InChI=1S/C17H21F2N3O/c1-12(11-17(2,3)13-7-5-4-6-8-13)20-15(23)14-9-10-22(21-14)16(18)19/h4-10,12,16H,11H2,1-3H3,(H,20,23)/t12-/m1/s1. The summed E-state index contributed by atoms with van der Waals surface area (Å²) < 4.78 is 25.4. The van der Waals surface area contributed by atoms with Crippen LogP contribution in [0.3, 0.4) is 0 Å². The normalized spacial score (nSPS) is 13.1. The van der Waals surface area contributed by atoms with Gasteiger partial charge in [-0.3, -0.25) is 4.79 Å². The lowest BCUT2D eigenvalue weighted by Gasteiger charge is -2.29. The van der Waals surface area contributed by atoms with Crippen molar-refractivity contribution in [2.75, 3.05) is 0 Å². The van der Waals surface area contributed by atoms with E-state index in [1.54, 1.807) is 0 Å². The quantitative estimate of drug-likeness (QED) is 0.880. The van der Waals surface area contributed by atoms with Crippen molar-refractivity contribution in [2.45, 2.75) is 45.2 Å². The topological polar surface area (TPSA) is 46.9 Å². The summed E-state index contributed by atoms with van der Waals surface area (Å²) in [6.07, 6.45) is 1.82. The first-order valence-electron chi connectivity index (χ1n) is 7.49. The number of alkyl halides is 2. The van der Waals surface area contributed by atoms with Crippen LogP contribution >= 0.6 is 0 Å². The van der Waals surface area contributed by atoms with E-state index in [1.165, 1.54) is 11.6 Å². The van der Waals surface area contributed by atoms with Crippen molar-refractivity contribution in [3.8, 4) is 0 Å². The molecule has 0 bridgehead atoms. The van der Waals surface area contributed by atoms with Gasteiger partial charge in [-0.25, -0.2) is 4.68 Å². The number of hydrogen-bond donors (Lipinski definition) is 1. The smallest absolute Gasteiger partial charge is 0.333 e. The molecule has 4 nitrogen and oxygen atoms in total. The summed E-state index contributed by atoms with van der Waals surface area (Å²) in [5.41, 5.74) is 1.06. The Kier molecular flexibility index (Phi) is 5.13. The van der Waals surface area contributed by atoms with Crippen LogP contribution in [0.4, 0.5) is 8.78 Å². The summed E-state index contributed by atoms with van der Waals surface area (Å²) in [5, 5.41) is 6.39. The minimum Gasteiger partial charge on any atom is -0.348 e. The van der Waals surface area contributed by atoms with Gasteiger partial charge in [-0.1, -0.05) is 44.2 Å². The van der Waals surface area contributed by atoms with Gasteiger partial charge in [0.2, 0.25) is 0 Å². The van der Waals surface area contributed by atoms with Gasteiger partial charge >= 0.3 is 6.55 Å². The first-order valence-corrected chi connectivity index (χ1v) is 7.49. The predicted octanol–water partition coefficient (Wildman–Crippen LogP) is 3.76. The number of amides is 1. The lowest BCUT2D eigenvalue weighted by Crippen LogP contribution is -2.37. The molecule has 23 heavy (non-hydrogen) atoms. The zero-order valence-electron chi connectivity index (χ0n) is 13.5. The van der Waals surface area contributed by atoms with Gasteiger partial charge in [0.1, 0.15) is 5.69 Å². The molecule has 0 aliphatic heterocycles. The molecule has 124 valence electrons. The fraction of sp³-hybridized carbons (Fsp3) is 0.412. The third-order valence-electron chi connectivity index (χ3n) is 3.79. The number of nitrogens with one attached hydrogen (secondary N) is 1. The molecule has 1 heterocycles. The van der Waals surface area contributed by atoms with E-state index in [-0.39, 0.29) is 17.2 Å². The minimum atomic E-state index is -2.74. The molecule has 0 unspecified atom stereocenters. The second-order valence-electron chi connectivity index (χ2n) is 6.29. The largest absolute Gasteiger partial charge is 0.348 e. The number of nitrogens with zero attached hydrogens (tertiary/aromatic N) is 2. The van der Waals surface area contributed by atoms with Gasteiger partial charge < -0.3 is 5.32 Å². The van der Waals surface area contributed by atoms with Crippen molar-refractivity contribution >= 4 is 5.91 Å². The summed E-state index contributed by atoms with van der Waals surface area (Å²) in [7, 11) is 0. The molecule has 1 amide bonds. The molecule has 1 N–H and O–H groups in total. The Morgan fingerprint density at radius 2 is 1.91 bits per heavy atom. The van der Waals surface area contributed by atoms with Crippen molar-refractivity contribution in [3.05, 3.63) is 53.9 Å². The van der Waals surface area contributed by atoms with Crippen LogP contribution in [0.5, 0.6) is 0 Å². The van der Waals surface area contributed by atoms with Crippen molar-refractivity contribution in [3.63, 3.8) is 0 Å². The molecular weight excluding hydrogens is 300 g/mol. The monoisotopic (exact) mass is 321 g/mol. The van der Waals surface area contributed by atoms with Gasteiger partial charge in [0.15, 0.2) is 0 Å². The van der Waals surface area contributed by atoms with Gasteiger partial charge in [0, 0.05) is 12.2 Å². The summed E-state index contributed by atoms with van der Waals surface area (Å²) in [5.74, 6) is -0.444. The average molecular weight is 321 g/mol. The Morgan fingerprint density at radius 1 is 1.26 bits per heavy atom. The first kappa shape index (κ1) is 17.1. The van der Waals surface area contributed by atoms with Crippen LogP contribution in [0.2, 0.25) is 0 Å².